The van der Waals surface area contributed by atoms with Crippen LogP contribution in [0.3, 0.4) is 0 Å². The molecule has 1 N–H and O–H groups in total. The van der Waals surface area contributed by atoms with Crippen molar-refractivity contribution in [2.24, 2.45) is 0 Å². The molecule has 2 atom stereocenters. The standard InChI is InChI=1S/C23H27ClN2O4S2/c1-3-19-14(2)32-21-20(19)22(28)26(11-18-5-4-10-29-18)23(25-21)31-13-16(27)12-30-17-8-6-15(24)7-9-17/h6-9,16,18,27H,3-5,10-13H2,1-2H3. The van der Waals surface area contributed by atoms with Gasteiger partial charge in [0.1, 0.15) is 17.2 Å². The van der Waals surface area contributed by atoms with Crippen LogP contribution in [-0.4, -0.2) is 45.8 Å². The zero-order chi connectivity index (χ0) is 22.7. The Bertz CT molecular complexity index is 1120. The highest BCUT2D eigenvalue weighted by molar-refractivity contribution is 7.99. The third-order valence-corrected chi connectivity index (χ3v) is 7.92. The van der Waals surface area contributed by atoms with Crippen LogP contribution in [0.5, 0.6) is 5.75 Å². The lowest BCUT2D eigenvalue weighted by molar-refractivity contribution is 0.0937. The first-order chi connectivity index (χ1) is 15.5. The quantitative estimate of drug-likeness (QED) is 0.343. The number of benzene rings is 1. The SMILES string of the molecule is CCc1c(C)sc2nc(SCC(O)COc3ccc(Cl)cc3)n(CC3CCCO3)c(=O)c12. The molecule has 0 spiro atoms. The summed E-state index contributed by atoms with van der Waals surface area (Å²) in [6, 6.07) is 7.02. The Morgan fingerprint density at radius 1 is 1.41 bits per heavy atom. The summed E-state index contributed by atoms with van der Waals surface area (Å²) in [5.41, 5.74) is 1.07. The molecule has 2 aromatic heterocycles. The maximum Gasteiger partial charge on any atom is 0.263 e. The fourth-order valence-electron chi connectivity index (χ4n) is 3.86. The third kappa shape index (κ3) is 5.31. The molecule has 1 aliphatic heterocycles. The Hall–Kier alpha value is -1.58. The summed E-state index contributed by atoms with van der Waals surface area (Å²) in [7, 11) is 0. The van der Waals surface area contributed by atoms with E-state index in [4.69, 9.17) is 26.1 Å². The van der Waals surface area contributed by atoms with E-state index in [2.05, 4.69) is 6.92 Å². The molecule has 0 saturated carbocycles. The first kappa shape index (κ1) is 23.6. The van der Waals surface area contributed by atoms with Crippen molar-refractivity contribution < 1.29 is 14.6 Å². The molecule has 2 unspecified atom stereocenters. The number of aliphatic hydroxyl groups excluding tert-OH is 1. The number of nitrogens with zero attached hydrogens (tertiary/aromatic N) is 2. The van der Waals surface area contributed by atoms with Gasteiger partial charge in [-0.05, 0) is 56.0 Å². The lowest BCUT2D eigenvalue weighted by Gasteiger charge is -2.17. The van der Waals surface area contributed by atoms with E-state index in [9.17, 15) is 9.90 Å². The predicted octanol–water partition coefficient (Wildman–Crippen LogP) is 4.69. The number of ether oxygens (including phenoxy) is 2. The van der Waals surface area contributed by atoms with Crippen molar-refractivity contribution >= 4 is 44.9 Å². The molecule has 0 aliphatic carbocycles. The van der Waals surface area contributed by atoms with Crippen molar-refractivity contribution in [2.45, 2.75) is 57.0 Å². The van der Waals surface area contributed by atoms with Gasteiger partial charge in [-0.2, -0.15) is 0 Å². The fraction of sp³-hybridized carbons (Fsp3) is 0.478. The molecule has 0 bridgehead atoms. The number of halogens is 1. The van der Waals surface area contributed by atoms with E-state index in [0.29, 0.717) is 28.2 Å². The van der Waals surface area contributed by atoms with Gasteiger partial charge in [-0.1, -0.05) is 30.3 Å². The summed E-state index contributed by atoms with van der Waals surface area (Å²) < 4.78 is 13.2. The zero-order valence-corrected chi connectivity index (χ0v) is 20.6. The lowest BCUT2D eigenvalue weighted by Crippen LogP contribution is -2.29. The molecule has 1 aromatic carbocycles. The third-order valence-electron chi connectivity index (χ3n) is 5.50. The van der Waals surface area contributed by atoms with Crippen molar-refractivity contribution in [3.63, 3.8) is 0 Å². The Kier molecular flexibility index (Phi) is 7.78. The normalized spacial score (nSPS) is 17.2. The first-order valence-corrected chi connectivity index (χ1v) is 13.0. The van der Waals surface area contributed by atoms with Crippen LogP contribution in [0, 0.1) is 6.92 Å². The van der Waals surface area contributed by atoms with Gasteiger partial charge in [0, 0.05) is 22.3 Å². The second-order valence-corrected chi connectivity index (χ2v) is 10.5. The highest BCUT2D eigenvalue weighted by Crippen LogP contribution is 2.30. The second kappa shape index (κ2) is 10.6. The van der Waals surface area contributed by atoms with E-state index < -0.39 is 6.10 Å². The van der Waals surface area contributed by atoms with Gasteiger partial charge in [0.25, 0.3) is 5.56 Å². The van der Waals surface area contributed by atoms with Crippen molar-refractivity contribution in [2.75, 3.05) is 19.0 Å². The minimum atomic E-state index is -0.712. The molecule has 0 radical (unpaired) electrons. The lowest BCUT2D eigenvalue weighted by atomic mass is 10.1. The summed E-state index contributed by atoms with van der Waals surface area (Å²) in [5.74, 6) is 1.01. The van der Waals surface area contributed by atoms with Gasteiger partial charge >= 0.3 is 0 Å². The van der Waals surface area contributed by atoms with Gasteiger partial charge in [0.2, 0.25) is 0 Å². The van der Waals surface area contributed by atoms with E-state index >= 15 is 0 Å². The molecule has 3 heterocycles. The van der Waals surface area contributed by atoms with E-state index in [1.54, 1.807) is 40.2 Å². The maximum atomic E-state index is 13.5. The fourth-order valence-corrected chi connectivity index (χ4v) is 6.06. The molecule has 4 rings (SSSR count). The van der Waals surface area contributed by atoms with Crippen molar-refractivity contribution in [1.29, 1.82) is 0 Å². The monoisotopic (exact) mass is 494 g/mol. The Balaban J connectivity index is 1.53. The van der Waals surface area contributed by atoms with E-state index in [1.807, 2.05) is 6.92 Å². The van der Waals surface area contributed by atoms with E-state index in [0.717, 1.165) is 46.5 Å². The number of aryl methyl sites for hydroxylation is 2. The number of rotatable bonds is 9. The molecular weight excluding hydrogens is 468 g/mol. The van der Waals surface area contributed by atoms with Gasteiger partial charge in [0.15, 0.2) is 5.16 Å². The van der Waals surface area contributed by atoms with Gasteiger partial charge < -0.3 is 14.6 Å². The predicted molar refractivity (Wildman–Crippen MR) is 131 cm³/mol. The molecule has 1 aliphatic rings. The average molecular weight is 495 g/mol. The Morgan fingerprint density at radius 3 is 2.88 bits per heavy atom. The van der Waals surface area contributed by atoms with E-state index in [-0.39, 0.29) is 18.3 Å². The van der Waals surface area contributed by atoms with Crippen LogP contribution in [-0.2, 0) is 17.7 Å². The molecule has 9 heteroatoms. The summed E-state index contributed by atoms with van der Waals surface area (Å²) in [6.45, 7) is 5.47. The van der Waals surface area contributed by atoms with Crippen LogP contribution in [0.1, 0.15) is 30.2 Å². The molecule has 172 valence electrons. The zero-order valence-electron chi connectivity index (χ0n) is 18.2. The second-order valence-electron chi connectivity index (χ2n) is 7.85. The van der Waals surface area contributed by atoms with Crippen LogP contribution in [0.15, 0.2) is 34.2 Å². The molecule has 32 heavy (non-hydrogen) atoms. The highest BCUT2D eigenvalue weighted by atomic mass is 35.5. The average Bonchev–Trinajstić information content (AvgIpc) is 3.41. The molecule has 6 nitrogen and oxygen atoms in total. The van der Waals surface area contributed by atoms with Gasteiger partial charge in [-0.3, -0.25) is 9.36 Å². The van der Waals surface area contributed by atoms with Crippen molar-refractivity contribution in [3.8, 4) is 5.75 Å². The number of fused-ring (bicyclic) bond motifs is 1. The summed E-state index contributed by atoms with van der Waals surface area (Å²) in [4.78, 5) is 20.2. The van der Waals surface area contributed by atoms with Crippen LogP contribution in [0.4, 0.5) is 0 Å². The summed E-state index contributed by atoms with van der Waals surface area (Å²) in [5, 5.41) is 12.4. The minimum absolute atomic E-state index is 0.0129. The molecule has 0 amide bonds. The first-order valence-electron chi connectivity index (χ1n) is 10.8. The van der Waals surface area contributed by atoms with Gasteiger partial charge in [0.05, 0.1) is 24.1 Å². The number of aromatic nitrogens is 2. The van der Waals surface area contributed by atoms with Gasteiger partial charge in [-0.15, -0.1) is 11.3 Å². The van der Waals surface area contributed by atoms with Gasteiger partial charge in [-0.25, -0.2) is 4.98 Å². The van der Waals surface area contributed by atoms with Crippen molar-refractivity contribution in [3.05, 3.63) is 50.1 Å². The molecular formula is C23H27ClN2O4S2. The number of thioether (sulfide) groups is 1. The van der Waals surface area contributed by atoms with Crippen LogP contribution in [0.25, 0.3) is 10.2 Å². The summed E-state index contributed by atoms with van der Waals surface area (Å²) in [6.07, 6.45) is 2.06. The van der Waals surface area contributed by atoms with E-state index in [1.165, 1.54) is 11.8 Å². The number of aliphatic hydroxyl groups is 1. The molecule has 1 saturated heterocycles. The van der Waals surface area contributed by atoms with Crippen molar-refractivity contribution in [1.82, 2.24) is 9.55 Å². The minimum Gasteiger partial charge on any atom is -0.491 e. The number of hydrogen-bond acceptors (Lipinski definition) is 7. The van der Waals surface area contributed by atoms with Crippen LogP contribution >= 0.6 is 34.7 Å². The highest BCUT2D eigenvalue weighted by Gasteiger charge is 2.23. The maximum absolute atomic E-state index is 13.5. The molecule has 3 aromatic rings. The number of hydrogen-bond donors (Lipinski definition) is 1. The van der Waals surface area contributed by atoms with Crippen LogP contribution in [0.2, 0.25) is 5.02 Å². The largest absolute Gasteiger partial charge is 0.491 e. The molecule has 1 fully saturated rings. The number of thiophene rings is 1. The Labute approximate surface area is 200 Å². The summed E-state index contributed by atoms with van der Waals surface area (Å²) >= 11 is 8.83. The van der Waals surface area contributed by atoms with Crippen LogP contribution < -0.4 is 10.3 Å². The Morgan fingerprint density at radius 2 is 2.19 bits per heavy atom. The topological polar surface area (TPSA) is 73.6 Å². The smallest absolute Gasteiger partial charge is 0.263 e.